The van der Waals surface area contributed by atoms with Gasteiger partial charge in [-0.1, -0.05) is 13.8 Å². The summed E-state index contributed by atoms with van der Waals surface area (Å²) >= 11 is 7.88. The van der Waals surface area contributed by atoms with Gasteiger partial charge in [-0.3, -0.25) is 4.90 Å². The van der Waals surface area contributed by atoms with E-state index in [-0.39, 0.29) is 5.28 Å². The number of ether oxygens (including phenoxy) is 3. The van der Waals surface area contributed by atoms with Crippen LogP contribution in [0, 0.1) is 0 Å². The number of anilines is 2. The molecular formula is C24H29ClN6O3S. The second-order valence-corrected chi connectivity index (χ2v) is 9.27. The van der Waals surface area contributed by atoms with E-state index in [1.54, 1.807) is 39.0 Å². The first-order valence-electron chi connectivity index (χ1n) is 11.3. The largest absolute Gasteiger partial charge is 0.493 e. The van der Waals surface area contributed by atoms with Crippen molar-refractivity contribution >= 4 is 44.8 Å². The minimum atomic E-state index is 0.193. The number of hydrogen-bond donors (Lipinski definition) is 1. The van der Waals surface area contributed by atoms with Gasteiger partial charge in [-0.2, -0.15) is 4.98 Å². The van der Waals surface area contributed by atoms with Gasteiger partial charge in [0.05, 0.1) is 38.6 Å². The topological polar surface area (TPSA) is 86.6 Å². The summed E-state index contributed by atoms with van der Waals surface area (Å²) in [4.78, 5) is 17.8. The molecule has 0 saturated carbocycles. The van der Waals surface area contributed by atoms with Crippen molar-refractivity contribution in [1.82, 2.24) is 24.4 Å². The highest BCUT2D eigenvalue weighted by molar-refractivity contribution is 7.18. The van der Waals surface area contributed by atoms with Crippen molar-refractivity contribution in [2.45, 2.75) is 26.8 Å². The standard InChI is InChI=1S/C24H29ClN6O3S/c1-6-8-30(7-2)12-16-11-17-22(28-24(25)29-23(17)35-16)27-20-13-31(14-26-20)15-9-18(32-3)21(34-5)19(10-15)33-4/h9-11,13-14H,6-8,12H2,1-5H3,(H,27,28,29). The molecule has 0 fully saturated rings. The van der Waals surface area contributed by atoms with Gasteiger partial charge < -0.3 is 24.1 Å². The van der Waals surface area contributed by atoms with E-state index in [4.69, 9.17) is 25.8 Å². The second kappa shape index (κ2) is 11.1. The Bertz CT molecular complexity index is 1280. The lowest BCUT2D eigenvalue weighted by atomic mass is 10.2. The molecular weight excluding hydrogens is 488 g/mol. The normalized spacial score (nSPS) is 11.3. The summed E-state index contributed by atoms with van der Waals surface area (Å²) in [7, 11) is 4.75. The summed E-state index contributed by atoms with van der Waals surface area (Å²) in [6.07, 6.45) is 4.67. The third kappa shape index (κ3) is 5.44. The SMILES string of the molecule is CCCN(CC)Cc1cc2c(Nc3cn(-c4cc(OC)c(OC)c(OC)c4)cn3)nc(Cl)nc2s1. The summed E-state index contributed by atoms with van der Waals surface area (Å²) in [5, 5.41) is 4.42. The molecule has 186 valence electrons. The Morgan fingerprint density at radius 1 is 1.06 bits per heavy atom. The molecule has 0 radical (unpaired) electrons. The predicted molar refractivity (Wildman–Crippen MR) is 140 cm³/mol. The van der Waals surface area contributed by atoms with Crippen molar-refractivity contribution in [1.29, 1.82) is 0 Å². The molecule has 3 heterocycles. The van der Waals surface area contributed by atoms with Gasteiger partial charge in [0.25, 0.3) is 0 Å². The van der Waals surface area contributed by atoms with Gasteiger partial charge >= 0.3 is 0 Å². The van der Waals surface area contributed by atoms with E-state index in [9.17, 15) is 0 Å². The molecule has 11 heteroatoms. The maximum absolute atomic E-state index is 6.25. The van der Waals surface area contributed by atoms with Gasteiger partial charge in [-0.25, -0.2) is 9.97 Å². The number of hydrogen-bond acceptors (Lipinski definition) is 9. The molecule has 0 aliphatic carbocycles. The van der Waals surface area contributed by atoms with Crippen molar-refractivity contribution in [3.05, 3.63) is 40.9 Å². The first kappa shape index (κ1) is 25.0. The van der Waals surface area contributed by atoms with Gasteiger partial charge in [0.1, 0.15) is 22.8 Å². The number of nitrogens with zero attached hydrogens (tertiary/aromatic N) is 5. The Labute approximate surface area is 213 Å². The van der Waals surface area contributed by atoms with Crippen molar-refractivity contribution in [2.75, 3.05) is 39.7 Å². The van der Waals surface area contributed by atoms with Crippen LogP contribution in [-0.4, -0.2) is 58.8 Å². The minimum absolute atomic E-state index is 0.193. The van der Waals surface area contributed by atoms with Gasteiger partial charge in [-0.15, -0.1) is 11.3 Å². The van der Waals surface area contributed by atoms with E-state index in [2.05, 4.69) is 45.1 Å². The third-order valence-electron chi connectivity index (χ3n) is 5.56. The fourth-order valence-corrected chi connectivity index (χ4v) is 5.16. The highest BCUT2D eigenvalue weighted by atomic mass is 35.5. The van der Waals surface area contributed by atoms with Crippen molar-refractivity contribution in [3.63, 3.8) is 0 Å². The molecule has 1 N–H and O–H groups in total. The highest BCUT2D eigenvalue weighted by Crippen LogP contribution is 2.39. The monoisotopic (exact) mass is 516 g/mol. The molecule has 4 aromatic rings. The summed E-state index contributed by atoms with van der Waals surface area (Å²) in [5.41, 5.74) is 0.805. The number of aromatic nitrogens is 4. The number of halogens is 1. The molecule has 4 rings (SSSR count). The van der Waals surface area contributed by atoms with Crippen molar-refractivity contribution in [3.8, 4) is 22.9 Å². The van der Waals surface area contributed by atoms with Crippen LogP contribution < -0.4 is 19.5 Å². The molecule has 0 aliphatic rings. The van der Waals surface area contributed by atoms with Crippen LogP contribution >= 0.6 is 22.9 Å². The van der Waals surface area contributed by atoms with Gasteiger partial charge in [-0.05, 0) is 37.2 Å². The average molecular weight is 517 g/mol. The maximum atomic E-state index is 6.25. The number of fused-ring (bicyclic) bond motifs is 1. The lowest BCUT2D eigenvalue weighted by molar-refractivity contribution is 0.283. The first-order valence-corrected chi connectivity index (χ1v) is 12.5. The van der Waals surface area contributed by atoms with Crippen LogP contribution in [-0.2, 0) is 6.54 Å². The molecule has 0 atom stereocenters. The van der Waals surface area contributed by atoms with Crippen LogP contribution in [0.3, 0.4) is 0 Å². The van der Waals surface area contributed by atoms with E-state index in [0.717, 1.165) is 42.0 Å². The van der Waals surface area contributed by atoms with Crippen molar-refractivity contribution < 1.29 is 14.2 Å². The molecule has 3 aromatic heterocycles. The van der Waals surface area contributed by atoms with E-state index >= 15 is 0 Å². The van der Waals surface area contributed by atoms with Gasteiger partial charge in [0.2, 0.25) is 11.0 Å². The molecule has 0 saturated heterocycles. The number of thiophene rings is 1. The van der Waals surface area contributed by atoms with E-state index < -0.39 is 0 Å². The van der Waals surface area contributed by atoms with Gasteiger partial charge in [0, 0.05) is 23.6 Å². The van der Waals surface area contributed by atoms with E-state index in [1.165, 1.54) is 4.88 Å². The zero-order chi connectivity index (χ0) is 24.9. The van der Waals surface area contributed by atoms with E-state index in [1.807, 2.05) is 22.9 Å². The molecule has 0 amide bonds. The Morgan fingerprint density at radius 2 is 1.80 bits per heavy atom. The Balaban J connectivity index is 1.63. The van der Waals surface area contributed by atoms with E-state index in [0.29, 0.717) is 28.9 Å². The Morgan fingerprint density at radius 3 is 2.43 bits per heavy atom. The highest BCUT2D eigenvalue weighted by Gasteiger charge is 2.16. The van der Waals surface area contributed by atoms with Crippen LogP contribution in [0.5, 0.6) is 17.2 Å². The van der Waals surface area contributed by atoms with Crippen LogP contribution in [0.15, 0.2) is 30.7 Å². The fourth-order valence-electron chi connectivity index (χ4n) is 3.87. The summed E-state index contributed by atoms with van der Waals surface area (Å²) in [5.74, 6) is 2.89. The fraction of sp³-hybridized carbons (Fsp3) is 0.375. The second-order valence-electron chi connectivity index (χ2n) is 7.82. The Kier molecular flexibility index (Phi) is 7.94. The zero-order valence-electron chi connectivity index (χ0n) is 20.5. The quantitative estimate of drug-likeness (QED) is 0.260. The average Bonchev–Trinajstić information content (AvgIpc) is 3.49. The minimum Gasteiger partial charge on any atom is -0.493 e. The molecule has 0 spiro atoms. The Hall–Kier alpha value is -3.08. The summed E-state index contributed by atoms with van der Waals surface area (Å²) in [6.45, 7) is 7.30. The third-order valence-corrected chi connectivity index (χ3v) is 6.74. The lowest BCUT2D eigenvalue weighted by Gasteiger charge is -2.17. The van der Waals surface area contributed by atoms with Crippen LogP contribution in [0.2, 0.25) is 5.28 Å². The summed E-state index contributed by atoms with van der Waals surface area (Å²) < 4.78 is 18.2. The first-order chi connectivity index (χ1) is 17.0. The zero-order valence-corrected chi connectivity index (χ0v) is 22.0. The van der Waals surface area contributed by atoms with Crippen LogP contribution in [0.4, 0.5) is 11.6 Å². The lowest BCUT2D eigenvalue weighted by Crippen LogP contribution is -2.22. The number of nitrogens with one attached hydrogen (secondary N) is 1. The molecule has 1 aromatic carbocycles. The molecule has 0 bridgehead atoms. The number of methoxy groups -OCH3 is 3. The number of benzene rings is 1. The van der Waals surface area contributed by atoms with Crippen LogP contribution in [0.25, 0.3) is 15.9 Å². The molecule has 0 aliphatic heterocycles. The molecule has 9 nitrogen and oxygen atoms in total. The van der Waals surface area contributed by atoms with Crippen LogP contribution in [0.1, 0.15) is 25.1 Å². The summed E-state index contributed by atoms with van der Waals surface area (Å²) in [6, 6.07) is 5.84. The van der Waals surface area contributed by atoms with Gasteiger partial charge in [0.15, 0.2) is 11.5 Å². The molecule has 35 heavy (non-hydrogen) atoms. The molecule has 0 unspecified atom stereocenters. The van der Waals surface area contributed by atoms with Crippen molar-refractivity contribution in [2.24, 2.45) is 0 Å². The maximum Gasteiger partial charge on any atom is 0.225 e. The smallest absolute Gasteiger partial charge is 0.225 e. The number of rotatable bonds is 11. The predicted octanol–water partition coefficient (Wildman–Crippen LogP) is 5.53. The number of imidazole rings is 1.